The number of carbonyl (C=O) groups is 1. The topological polar surface area (TPSA) is 75.0 Å². The summed E-state index contributed by atoms with van der Waals surface area (Å²) in [5.74, 6) is -0.110. The highest BCUT2D eigenvalue weighted by atomic mass is 32.2. The second-order valence-electron chi connectivity index (χ2n) is 3.51. The molecule has 0 fully saturated rings. The third kappa shape index (κ3) is 3.40. The van der Waals surface area contributed by atoms with E-state index in [9.17, 15) is 13.2 Å². The smallest absolute Gasteiger partial charge is 0.178 e. The van der Waals surface area contributed by atoms with E-state index in [4.69, 9.17) is 5.26 Å². The number of hydrogen-bond acceptors (Lipinski definition) is 4. The predicted octanol–water partition coefficient (Wildman–Crippen LogP) is 1.97. The van der Waals surface area contributed by atoms with Crippen molar-refractivity contribution in [3.63, 3.8) is 0 Å². The van der Waals surface area contributed by atoms with Crippen LogP contribution in [0, 0.1) is 11.3 Å². The summed E-state index contributed by atoms with van der Waals surface area (Å²) in [4.78, 5) is 11.8. The molecule has 0 aliphatic rings. The van der Waals surface area contributed by atoms with Crippen molar-refractivity contribution in [2.24, 2.45) is 0 Å². The van der Waals surface area contributed by atoms with Crippen molar-refractivity contribution >= 4 is 15.6 Å². The third-order valence-corrected chi connectivity index (χ3v) is 4.13. The molecule has 1 rings (SSSR count). The van der Waals surface area contributed by atoms with Crippen molar-refractivity contribution in [1.29, 1.82) is 5.26 Å². The number of nitriles is 1. The van der Waals surface area contributed by atoms with Gasteiger partial charge in [0.15, 0.2) is 15.6 Å². The molecule has 0 saturated heterocycles. The quantitative estimate of drug-likeness (QED) is 0.750. The van der Waals surface area contributed by atoms with Crippen LogP contribution in [0.3, 0.4) is 0 Å². The molecule has 5 heteroatoms. The van der Waals surface area contributed by atoms with Crippen molar-refractivity contribution < 1.29 is 13.2 Å². The van der Waals surface area contributed by atoms with Gasteiger partial charge < -0.3 is 0 Å². The fourth-order valence-electron chi connectivity index (χ4n) is 1.33. The van der Waals surface area contributed by atoms with Gasteiger partial charge in [0.05, 0.1) is 16.7 Å². The molecule has 0 radical (unpaired) electrons. The first-order chi connectivity index (χ1) is 8.01. The van der Waals surface area contributed by atoms with E-state index in [-0.39, 0.29) is 29.3 Å². The minimum Gasteiger partial charge on any atom is -0.294 e. The molecule has 0 atom stereocenters. The average molecular weight is 251 g/mol. The van der Waals surface area contributed by atoms with E-state index in [1.807, 2.05) is 6.07 Å². The molecule has 0 N–H and O–H groups in total. The fraction of sp³-hybridized carbons (Fsp3) is 0.333. The lowest BCUT2D eigenvalue weighted by Gasteiger charge is -2.02. The second-order valence-corrected chi connectivity index (χ2v) is 5.79. The highest BCUT2D eigenvalue weighted by molar-refractivity contribution is 7.91. The van der Waals surface area contributed by atoms with Gasteiger partial charge in [0.1, 0.15) is 0 Å². The Bertz CT molecular complexity index is 538. The van der Waals surface area contributed by atoms with Gasteiger partial charge in [0, 0.05) is 18.4 Å². The summed E-state index contributed by atoms with van der Waals surface area (Å²) in [7, 11) is -3.22. The number of rotatable bonds is 5. The van der Waals surface area contributed by atoms with E-state index in [1.54, 1.807) is 6.92 Å². The molecule has 0 aliphatic carbocycles. The van der Waals surface area contributed by atoms with Crippen molar-refractivity contribution in [2.75, 3.05) is 5.75 Å². The fourth-order valence-corrected chi connectivity index (χ4v) is 2.21. The normalized spacial score (nSPS) is 10.8. The molecule has 0 heterocycles. The molecule has 1 aromatic carbocycles. The molecule has 1 aromatic rings. The monoisotopic (exact) mass is 251 g/mol. The predicted molar refractivity (Wildman–Crippen MR) is 63.3 cm³/mol. The molecule has 0 saturated carbocycles. The molecule has 0 amide bonds. The summed E-state index contributed by atoms with van der Waals surface area (Å²) >= 11 is 0. The summed E-state index contributed by atoms with van der Waals surface area (Å²) in [6.45, 7) is 1.57. The van der Waals surface area contributed by atoms with Crippen LogP contribution in [-0.4, -0.2) is 20.0 Å². The van der Waals surface area contributed by atoms with Crippen LogP contribution in [-0.2, 0) is 9.84 Å². The Labute approximate surface area is 101 Å². The van der Waals surface area contributed by atoms with Crippen LogP contribution < -0.4 is 0 Å². The molecule has 0 unspecified atom stereocenters. The van der Waals surface area contributed by atoms with Crippen LogP contribution in [0.25, 0.3) is 0 Å². The van der Waals surface area contributed by atoms with Gasteiger partial charge in [-0.05, 0) is 12.1 Å². The van der Waals surface area contributed by atoms with E-state index in [0.717, 1.165) is 0 Å². The Balaban J connectivity index is 2.90. The molecule has 0 bridgehead atoms. The minimum absolute atomic E-state index is 0.0364. The molecule has 0 spiro atoms. The molecular weight excluding hydrogens is 238 g/mol. The lowest BCUT2D eigenvalue weighted by Crippen LogP contribution is -2.04. The van der Waals surface area contributed by atoms with Crippen molar-refractivity contribution in [1.82, 2.24) is 0 Å². The summed E-state index contributed by atoms with van der Waals surface area (Å²) in [6.07, 6.45) is 0.338. The Hall–Kier alpha value is -1.67. The summed E-state index contributed by atoms with van der Waals surface area (Å²) in [5, 5.41) is 8.36. The largest absolute Gasteiger partial charge is 0.294 e. The van der Waals surface area contributed by atoms with Crippen LogP contribution in [0.5, 0.6) is 0 Å². The first-order valence-electron chi connectivity index (χ1n) is 5.24. The number of ketones is 1. The third-order valence-electron chi connectivity index (χ3n) is 2.38. The van der Waals surface area contributed by atoms with E-state index < -0.39 is 9.84 Å². The van der Waals surface area contributed by atoms with Gasteiger partial charge >= 0.3 is 0 Å². The van der Waals surface area contributed by atoms with Gasteiger partial charge in [0.2, 0.25) is 0 Å². The summed E-state index contributed by atoms with van der Waals surface area (Å²) in [6, 6.07) is 7.73. The number of carbonyl (C=O) groups excluding carboxylic acids is 1. The van der Waals surface area contributed by atoms with Gasteiger partial charge in [-0.1, -0.05) is 19.1 Å². The Morgan fingerprint density at radius 1 is 1.29 bits per heavy atom. The van der Waals surface area contributed by atoms with E-state index in [1.165, 1.54) is 24.3 Å². The van der Waals surface area contributed by atoms with E-state index >= 15 is 0 Å². The Morgan fingerprint density at radius 3 is 2.35 bits per heavy atom. The summed E-state index contributed by atoms with van der Waals surface area (Å²) in [5.41, 5.74) is 0.440. The van der Waals surface area contributed by atoms with Crippen LogP contribution in [0.15, 0.2) is 29.2 Å². The second kappa shape index (κ2) is 5.60. The van der Waals surface area contributed by atoms with Crippen LogP contribution in [0.2, 0.25) is 0 Å². The maximum Gasteiger partial charge on any atom is 0.178 e. The number of hydrogen-bond donors (Lipinski definition) is 0. The van der Waals surface area contributed by atoms with Gasteiger partial charge in [0.25, 0.3) is 0 Å². The lowest BCUT2D eigenvalue weighted by atomic mass is 10.1. The SMILES string of the molecule is CCS(=O)(=O)c1ccc(C(=O)CCC#N)cc1. The number of Topliss-reactive ketones (excluding diaryl/α,β-unsaturated/α-hetero) is 1. The Kier molecular flexibility index (Phi) is 4.41. The van der Waals surface area contributed by atoms with Crippen molar-refractivity contribution in [3.8, 4) is 6.07 Å². The zero-order valence-corrected chi connectivity index (χ0v) is 10.3. The highest BCUT2D eigenvalue weighted by Crippen LogP contribution is 2.13. The average Bonchev–Trinajstić information content (AvgIpc) is 2.36. The molecule has 0 aromatic heterocycles. The zero-order chi connectivity index (χ0) is 12.9. The van der Waals surface area contributed by atoms with Crippen molar-refractivity contribution in [2.45, 2.75) is 24.7 Å². The Morgan fingerprint density at radius 2 is 1.88 bits per heavy atom. The van der Waals surface area contributed by atoms with Gasteiger partial charge in [-0.2, -0.15) is 5.26 Å². The first-order valence-corrected chi connectivity index (χ1v) is 6.89. The van der Waals surface area contributed by atoms with Crippen LogP contribution >= 0.6 is 0 Å². The maximum atomic E-state index is 11.5. The molecule has 90 valence electrons. The molecule has 0 aliphatic heterocycles. The number of benzene rings is 1. The molecule has 17 heavy (non-hydrogen) atoms. The van der Waals surface area contributed by atoms with E-state index in [0.29, 0.717) is 5.56 Å². The first kappa shape index (κ1) is 13.4. The molecular formula is C12H13NO3S. The highest BCUT2D eigenvalue weighted by Gasteiger charge is 2.12. The lowest BCUT2D eigenvalue weighted by molar-refractivity contribution is 0.0984. The van der Waals surface area contributed by atoms with Crippen LogP contribution in [0.1, 0.15) is 30.1 Å². The van der Waals surface area contributed by atoms with Crippen LogP contribution in [0.4, 0.5) is 0 Å². The number of sulfone groups is 1. The standard InChI is InChI=1S/C12H13NO3S/c1-2-17(15,16)11-7-5-10(6-8-11)12(14)4-3-9-13/h5-8H,2-4H2,1H3. The maximum absolute atomic E-state index is 11.5. The van der Waals surface area contributed by atoms with Gasteiger partial charge in [-0.25, -0.2) is 8.42 Å². The van der Waals surface area contributed by atoms with E-state index in [2.05, 4.69) is 0 Å². The van der Waals surface area contributed by atoms with Gasteiger partial charge in [-0.15, -0.1) is 0 Å². The summed E-state index contributed by atoms with van der Waals surface area (Å²) < 4.78 is 23.1. The minimum atomic E-state index is -3.22. The molecule has 4 nitrogen and oxygen atoms in total. The van der Waals surface area contributed by atoms with Gasteiger partial charge in [-0.3, -0.25) is 4.79 Å². The van der Waals surface area contributed by atoms with Crippen molar-refractivity contribution in [3.05, 3.63) is 29.8 Å². The number of nitrogens with zero attached hydrogens (tertiary/aromatic N) is 1. The zero-order valence-electron chi connectivity index (χ0n) is 9.51.